The molecular formula is C23H20ClF3N4O5S. The van der Waals surface area contributed by atoms with Crippen LogP contribution in [-0.2, 0) is 22.2 Å². The van der Waals surface area contributed by atoms with Crippen molar-refractivity contribution in [2.45, 2.75) is 19.5 Å². The van der Waals surface area contributed by atoms with Gasteiger partial charge in [-0.25, -0.2) is 15.2 Å². The highest BCUT2D eigenvalue weighted by Crippen LogP contribution is 2.36. The van der Waals surface area contributed by atoms with Crippen LogP contribution in [0, 0.1) is 0 Å². The number of hydrogen-bond acceptors (Lipinski definition) is 8. The Morgan fingerprint density at radius 2 is 2.03 bits per heavy atom. The molecule has 3 aromatic rings. The number of carbonyl (C=O) groups excluding carboxylic acids is 1. The smallest absolute Gasteiger partial charge is 0.416 e. The zero-order valence-corrected chi connectivity index (χ0v) is 20.7. The quantitative estimate of drug-likeness (QED) is 0.221. The van der Waals surface area contributed by atoms with Gasteiger partial charge in [-0.1, -0.05) is 17.7 Å². The summed E-state index contributed by atoms with van der Waals surface area (Å²) in [4.78, 5) is 27.2. The lowest BCUT2D eigenvalue weighted by atomic mass is 10.2. The molecular weight excluding hydrogens is 537 g/mol. The standard InChI is InChI=1S/C23H20ClF3N4O5S/c1-2-35-18-7-13(6-17(24)21(18)36-11-20(33)34)10-28-31-19(32)9-16-12-37-22(30-16)29-15-5-3-4-14(8-15)23(25,26)27/h3-8,10,12H,2,9,11H2,1H3,(H,29,30)(H,31,32)(H,33,34)/b28-10-. The lowest BCUT2D eigenvalue weighted by molar-refractivity contribution is -0.139. The fourth-order valence-electron chi connectivity index (χ4n) is 2.92. The molecule has 2 aromatic carbocycles. The van der Waals surface area contributed by atoms with E-state index in [1.54, 1.807) is 12.3 Å². The van der Waals surface area contributed by atoms with Crippen molar-refractivity contribution in [1.29, 1.82) is 0 Å². The van der Waals surface area contributed by atoms with Gasteiger partial charge in [0.15, 0.2) is 23.2 Å². The second kappa shape index (κ2) is 12.4. The normalized spacial score (nSPS) is 11.4. The Morgan fingerprint density at radius 1 is 1.24 bits per heavy atom. The molecule has 0 atom stereocenters. The highest BCUT2D eigenvalue weighted by Gasteiger charge is 2.30. The fourth-order valence-corrected chi connectivity index (χ4v) is 3.93. The highest BCUT2D eigenvalue weighted by molar-refractivity contribution is 7.13. The Morgan fingerprint density at radius 3 is 2.73 bits per heavy atom. The van der Waals surface area contributed by atoms with Gasteiger partial charge < -0.3 is 19.9 Å². The van der Waals surface area contributed by atoms with Crippen LogP contribution in [0.15, 0.2) is 46.9 Å². The Bertz CT molecular complexity index is 1300. The Hall–Kier alpha value is -3.84. The summed E-state index contributed by atoms with van der Waals surface area (Å²) >= 11 is 7.31. The average molecular weight is 557 g/mol. The van der Waals surface area contributed by atoms with E-state index in [1.165, 1.54) is 30.5 Å². The Labute approximate surface area is 217 Å². The number of hydrazone groups is 1. The van der Waals surface area contributed by atoms with E-state index in [0.29, 0.717) is 16.4 Å². The van der Waals surface area contributed by atoms with Gasteiger partial charge in [-0.2, -0.15) is 18.3 Å². The zero-order valence-electron chi connectivity index (χ0n) is 19.1. The van der Waals surface area contributed by atoms with Crippen LogP contribution in [0.5, 0.6) is 11.5 Å². The second-order valence-corrected chi connectivity index (χ2v) is 8.53. The third-order valence-electron chi connectivity index (χ3n) is 4.41. The number of aliphatic carboxylic acids is 1. The molecule has 0 radical (unpaired) electrons. The SMILES string of the molecule is CCOc1cc(/C=N\NC(=O)Cc2csc(Nc3cccc(C(F)(F)F)c3)n2)cc(Cl)c1OCC(=O)O. The van der Waals surface area contributed by atoms with Crippen molar-refractivity contribution in [3.05, 3.63) is 63.6 Å². The molecule has 0 saturated carbocycles. The molecule has 37 heavy (non-hydrogen) atoms. The van der Waals surface area contributed by atoms with E-state index in [1.807, 2.05) is 0 Å². The average Bonchev–Trinajstić information content (AvgIpc) is 3.24. The minimum absolute atomic E-state index is 0.0742. The van der Waals surface area contributed by atoms with E-state index in [4.69, 9.17) is 26.2 Å². The monoisotopic (exact) mass is 556 g/mol. The highest BCUT2D eigenvalue weighted by atomic mass is 35.5. The number of nitrogens with zero attached hydrogens (tertiary/aromatic N) is 2. The molecule has 0 fully saturated rings. The maximum Gasteiger partial charge on any atom is 0.416 e. The number of thiazole rings is 1. The number of nitrogens with one attached hydrogen (secondary N) is 2. The van der Waals surface area contributed by atoms with Crippen molar-refractivity contribution in [2.75, 3.05) is 18.5 Å². The predicted octanol–water partition coefficient (Wildman–Crippen LogP) is 5.11. The van der Waals surface area contributed by atoms with Crippen LogP contribution in [0.1, 0.15) is 23.7 Å². The first-order valence-corrected chi connectivity index (χ1v) is 11.8. The van der Waals surface area contributed by atoms with Gasteiger partial charge in [0.1, 0.15) is 0 Å². The van der Waals surface area contributed by atoms with Crippen molar-refractivity contribution < 1.29 is 37.3 Å². The first kappa shape index (κ1) is 27.7. The number of halogens is 4. The number of alkyl halides is 3. The number of carboxylic acids is 1. The van der Waals surface area contributed by atoms with Gasteiger partial charge in [0.2, 0.25) is 5.91 Å². The number of ether oxygens (including phenoxy) is 2. The van der Waals surface area contributed by atoms with Crippen molar-refractivity contribution >= 4 is 51.8 Å². The van der Waals surface area contributed by atoms with Crippen molar-refractivity contribution in [3.8, 4) is 11.5 Å². The van der Waals surface area contributed by atoms with E-state index in [9.17, 15) is 22.8 Å². The van der Waals surface area contributed by atoms with Crippen molar-refractivity contribution in [2.24, 2.45) is 5.10 Å². The number of carboxylic acid groups (broad SMARTS) is 1. The molecule has 0 saturated heterocycles. The van der Waals surface area contributed by atoms with Crippen LogP contribution in [-0.4, -0.2) is 41.4 Å². The number of carbonyl (C=O) groups is 2. The van der Waals surface area contributed by atoms with Gasteiger partial charge in [-0.05, 0) is 42.8 Å². The molecule has 14 heteroatoms. The van der Waals surface area contributed by atoms with Crippen LogP contribution in [0.4, 0.5) is 24.0 Å². The third-order valence-corrected chi connectivity index (χ3v) is 5.50. The molecule has 3 N–H and O–H groups in total. The maximum atomic E-state index is 12.9. The van der Waals surface area contributed by atoms with Crippen molar-refractivity contribution in [3.63, 3.8) is 0 Å². The topological polar surface area (TPSA) is 122 Å². The zero-order chi connectivity index (χ0) is 27.0. The van der Waals surface area contributed by atoms with Gasteiger partial charge in [0.05, 0.1) is 35.5 Å². The lowest BCUT2D eigenvalue weighted by Crippen LogP contribution is -2.20. The second-order valence-electron chi connectivity index (χ2n) is 7.26. The third kappa shape index (κ3) is 8.36. The molecule has 1 heterocycles. The number of amides is 1. The molecule has 0 spiro atoms. The summed E-state index contributed by atoms with van der Waals surface area (Å²) in [5, 5.41) is 17.5. The first-order valence-electron chi connectivity index (χ1n) is 10.6. The van der Waals surface area contributed by atoms with E-state index < -0.39 is 30.2 Å². The summed E-state index contributed by atoms with van der Waals surface area (Å²) in [7, 11) is 0. The molecule has 0 unspecified atom stereocenters. The number of aromatic nitrogens is 1. The molecule has 0 aliphatic rings. The lowest BCUT2D eigenvalue weighted by Gasteiger charge is -2.13. The molecule has 9 nitrogen and oxygen atoms in total. The van der Waals surface area contributed by atoms with Crippen LogP contribution >= 0.6 is 22.9 Å². The summed E-state index contributed by atoms with van der Waals surface area (Å²) in [5.41, 5.74) is 2.63. The van der Waals surface area contributed by atoms with E-state index in [2.05, 4.69) is 20.8 Å². The molecule has 0 aliphatic heterocycles. The van der Waals surface area contributed by atoms with E-state index in [0.717, 1.165) is 23.5 Å². The number of hydrogen-bond donors (Lipinski definition) is 3. The maximum absolute atomic E-state index is 12.9. The molecule has 196 valence electrons. The predicted molar refractivity (Wildman–Crippen MR) is 132 cm³/mol. The summed E-state index contributed by atoms with van der Waals surface area (Å²) in [6.45, 7) is 1.40. The minimum Gasteiger partial charge on any atom is -0.490 e. The van der Waals surface area contributed by atoms with Gasteiger partial charge in [0.25, 0.3) is 0 Å². The largest absolute Gasteiger partial charge is 0.490 e. The van der Waals surface area contributed by atoms with Crippen molar-refractivity contribution in [1.82, 2.24) is 10.4 Å². The van der Waals surface area contributed by atoms with Gasteiger partial charge in [-0.15, -0.1) is 11.3 Å². The van der Waals surface area contributed by atoms with E-state index in [-0.39, 0.29) is 35.2 Å². The minimum atomic E-state index is -4.46. The number of rotatable bonds is 11. The number of benzene rings is 2. The van der Waals surface area contributed by atoms with Gasteiger partial charge in [0, 0.05) is 11.1 Å². The molecule has 1 amide bonds. The summed E-state index contributed by atoms with van der Waals surface area (Å²) in [5.74, 6) is -1.37. The summed E-state index contributed by atoms with van der Waals surface area (Å²) in [6.07, 6.45) is -3.27. The first-order chi connectivity index (χ1) is 17.5. The van der Waals surface area contributed by atoms with Gasteiger partial charge in [-0.3, -0.25) is 4.79 Å². The van der Waals surface area contributed by atoms with Crippen LogP contribution in [0.25, 0.3) is 0 Å². The number of anilines is 2. The summed E-state index contributed by atoms with van der Waals surface area (Å²) in [6, 6.07) is 7.68. The van der Waals surface area contributed by atoms with Gasteiger partial charge >= 0.3 is 12.1 Å². The van der Waals surface area contributed by atoms with E-state index >= 15 is 0 Å². The molecule has 1 aromatic heterocycles. The van der Waals surface area contributed by atoms with Crippen LogP contribution in [0.3, 0.4) is 0 Å². The molecule has 0 bridgehead atoms. The van der Waals surface area contributed by atoms with Crippen LogP contribution in [0.2, 0.25) is 5.02 Å². The fraction of sp³-hybridized carbons (Fsp3) is 0.217. The van der Waals surface area contributed by atoms with Crippen LogP contribution < -0.4 is 20.2 Å². The summed E-state index contributed by atoms with van der Waals surface area (Å²) < 4.78 is 49.3. The molecule has 3 rings (SSSR count). The Kier molecular flexibility index (Phi) is 9.31. The Balaban J connectivity index is 1.59. The molecule has 0 aliphatic carbocycles.